The Bertz CT molecular complexity index is 989. The SMILES string of the molecule is O=C(O[C@H]1C2C=CO[C@@H](O[C@@H]3O[C@H](CO)[C@@H](O)[C@H](O)[C@H]3O)C2[C@](O)(CO)[C@@H]1Cl)c1ccc(O)c(O)c1. The van der Waals surface area contributed by atoms with Gasteiger partial charge in [-0.05, 0) is 24.3 Å². The third-order valence-corrected chi connectivity index (χ3v) is 7.39. The second-order valence-electron chi connectivity index (χ2n) is 8.89. The summed E-state index contributed by atoms with van der Waals surface area (Å²) in [6.07, 6.45) is -8.05. The van der Waals surface area contributed by atoms with E-state index in [9.17, 15) is 45.6 Å². The summed E-state index contributed by atoms with van der Waals surface area (Å²) in [5.41, 5.74) is -2.24. The van der Waals surface area contributed by atoms with Crippen LogP contribution in [0.15, 0.2) is 30.5 Å². The van der Waals surface area contributed by atoms with Crippen LogP contribution in [0.1, 0.15) is 10.4 Å². The third-order valence-electron chi connectivity index (χ3n) is 6.77. The molecule has 2 unspecified atom stereocenters. The van der Waals surface area contributed by atoms with Gasteiger partial charge in [0.25, 0.3) is 0 Å². The number of carbonyl (C=O) groups is 1. The number of alkyl halides is 1. The molecule has 200 valence electrons. The lowest BCUT2D eigenvalue weighted by Gasteiger charge is -2.43. The number of carbonyl (C=O) groups excluding carboxylic acids is 1. The first kappa shape index (κ1) is 26.9. The van der Waals surface area contributed by atoms with Gasteiger partial charge in [0.15, 0.2) is 17.8 Å². The van der Waals surface area contributed by atoms with Gasteiger partial charge < -0.3 is 59.8 Å². The maximum absolute atomic E-state index is 12.7. The highest BCUT2D eigenvalue weighted by atomic mass is 35.5. The maximum atomic E-state index is 12.7. The first-order valence-corrected chi connectivity index (χ1v) is 11.5. The lowest BCUT2D eigenvalue weighted by atomic mass is 9.84. The number of benzene rings is 1. The van der Waals surface area contributed by atoms with Crippen molar-refractivity contribution >= 4 is 17.6 Å². The monoisotopic (exact) mass is 534 g/mol. The van der Waals surface area contributed by atoms with Crippen molar-refractivity contribution < 1.29 is 64.6 Å². The summed E-state index contributed by atoms with van der Waals surface area (Å²) in [7, 11) is 0. The van der Waals surface area contributed by atoms with Gasteiger partial charge in [-0.2, -0.15) is 0 Å². The molecular weight excluding hydrogens is 508 g/mol. The Balaban J connectivity index is 1.57. The Hall–Kier alpha value is -2.20. The van der Waals surface area contributed by atoms with E-state index in [2.05, 4.69) is 0 Å². The predicted molar refractivity (Wildman–Crippen MR) is 116 cm³/mol. The highest BCUT2D eigenvalue weighted by molar-refractivity contribution is 6.22. The van der Waals surface area contributed by atoms with Crippen LogP contribution in [-0.4, -0.2) is 114 Å². The van der Waals surface area contributed by atoms with E-state index < -0.39 is 96.6 Å². The van der Waals surface area contributed by atoms with Crippen LogP contribution in [0.3, 0.4) is 0 Å². The van der Waals surface area contributed by atoms with Crippen LogP contribution < -0.4 is 0 Å². The van der Waals surface area contributed by atoms with Gasteiger partial charge in [0.1, 0.15) is 41.5 Å². The number of hydrogen-bond acceptors (Lipinski definition) is 13. The van der Waals surface area contributed by atoms with Gasteiger partial charge in [0.2, 0.25) is 6.29 Å². The highest BCUT2D eigenvalue weighted by Gasteiger charge is 2.65. The van der Waals surface area contributed by atoms with E-state index in [4.69, 9.17) is 30.5 Å². The molecule has 0 spiro atoms. The van der Waals surface area contributed by atoms with Gasteiger partial charge in [-0.3, -0.25) is 0 Å². The minimum Gasteiger partial charge on any atom is -0.504 e. The van der Waals surface area contributed by atoms with Crippen molar-refractivity contribution in [2.45, 2.75) is 54.1 Å². The molecule has 1 aromatic carbocycles. The predicted octanol–water partition coefficient (Wildman–Crippen LogP) is -2.11. The van der Waals surface area contributed by atoms with Crippen LogP contribution in [0.2, 0.25) is 0 Å². The van der Waals surface area contributed by atoms with Crippen LogP contribution >= 0.6 is 11.6 Å². The Labute approximate surface area is 209 Å². The molecular formula is C22H27ClO13. The van der Waals surface area contributed by atoms with Gasteiger partial charge in [-0.15, -0.1) is 11.6 Å². The van der Waals surface area contributed by atoms with Crippen molar-refractivity contribution in [3.05, 3.63) is 36.1 Å². The molecule has 1 saturated heterocycles. The zero-order valence-corrected chi connectivity index (χ0v) is 19.3. The van der Waals surface area contributed by atoms with Gasteiger partial charge in [0, 0.05) is 5.92 Å². The summed E-state index contributed by atoms with van der Waals surface area (Å²) < 4.78 is 22.0. The fourth-order valence-electron chi connectivity index (χ4n) is 4.75. The summed E-state index contributed by atoms with van der Waals surface area (Å²) in [5, 5.41) is 78.8. The molecule has 13 nitrogen and oxygen atoms in total. The van der Waals surface area contributed by atoms with Crippen molar-refractivity contribution in [3.8, 4) is 11.5 Å². The molecule has 1 aliphatic carbocycles. The molecule has 2 fully saturated rings. The van der Waals surface area contributed by atoms with Gasteiger partial charge in [0.05, 0.1) is 31.0 Å². The summed E-state index contributed by atoms with van der Waals surface area (Å²) >= 11 is 6.46. The first-order valence-electron chi connectivity index (χ1n) is 11.0. The van der Waals surface area contributed by atoms with E-state index in [0.717, 1.165) is 12.1 Å². The molecule has 2 heterocycles. The Morgan fingerprint density at radius 3 is 2.42 bits per heavy atom. The normalized spacial score (nSPS) is 42.0. The number of rotatable bonds is 6. The van der Waals surface area contributed by atoms with E-state index in [1.165, 1.54) is 18.4 Å². The standard InChI is InChI=1S/C22H27ClO13/c23-18-17(35-19(31)8-1-2-10(26)11(27)5-8)9-3-4-33-20(13(9)22(18,32)7-25)36-21-16(30)15(29)14(28)12(6-24)34-21/h1-5,9,12-18,20-21,24-30,32H,6-7H2/t9?,12-,13?,14-,15+,16-,17+,18-,20+,21+,22-/m1/s1. The molecule has 1 saturated carbocycles. The summed E-state index contributed by atoms with van der Waals surface area (Å²) in [6, 6.07) is 3.27. The second-order valence-corrected chi connectivity index (χ2v) is 9.36. The largest absolute Gasteiger partial charge is 0.504 e. The number of hydrogen-bond donors (Lipinski definition) is 8. The minimum atomic E-state index is -2.13. The number of phenolic OH excluding ortho intramolecular Hbond substituents is 2. The number of aliphatic hydroxyl groups excluding tert-OH is 5. The molecule has 4 rings (SSSR count). The van der Waals surface area contributed by atoms with E-state index in [1.54, 1.807) is 0 Å². The lowest BCUT2D eigenvalue weighted by Crippen LogP contribution is -2.61. The molecule has 0 aromatic heterocycles. The first-order chi connectivity index (χ1) is 17.0. The number of fused-ring (bicyclic) bond motifs is 1. The third kappa shape index (κ3) is 4.51. The Morgan fingerprint density at radius 1 is 1.06 bits per heavy atom. The van der Waals surface area contributed by atoms with Crippen molar-refractivity contribution in [2.75, 3.05) is 13.2 Å². The van der Waals surface area contributed by atoms with E-state index in [1.807, 2.05) is 0 Å². The van der Waals surface area contributed by atoms with Crippen LogP contribution in [-0.2, 0) is 18.9 Å². The molecule has 0 radical (unpaired) electrons. The average Bonchev–Trinajstić information content (AvgIpc) is 3.08. The molecule has 11 atom stereocenters. The van der Waals surface area contributed by atoms with E-state index in [0.29, 0.717) is 0 Å². The van der Waals surface area contributed by atoms with E-state index >= 15 is 0 Å². The Morgan fingerprint density at radius 2 is 1.78 bits per heavy atom. The zero-order chi connectivity index (χ0) is 26.4. The van der Waals surface area contributed by atoms with Gasteiger partial charge >= 0.3 is 5.97 Å². The van der Waals surface area contributed by atoms with Gasteiger partial charge in [-0.25, -0.2) is 4.79 Å². The minimum absolute atomic E-state index is 0.115. The van der Waals surface area contributed by atoms with Crippen molar-refractivity contribution in [1.82, 2.24) is 0 Å². The molecule has 3 aliphatic rings. The number of aliphatic hydroxyl groups is 6. The molecule has 8 N–H and O–H groups in total. The number of ether oxygens (including phenoxy) is 4. The van der Waals surface area contributed by atoms with Crippen LogP contribution in [0.4, 0.5) is 0 Å². The molecule has 36 heavy (non-hydrogen) atoms. The van der Waals surface area contributed by atoms with Crippen molar-refractivity contribution in [3.63, 3.8) is 0 Å². The molecule has 0 bridgehead atoms. The maximum Gasteiger partial charge on any atom is 0.338 e. The van der Waals surface area contributed by atoms with E-state index in [-0.39, 0.29) is 5.56 Å². The topological polar surface area (TPSA) is 216 Å². The fourth-order valence-corrected chi connectivity index (χ4v) is 5.18. The summed E-state index contributed by atoms with van der Waals surface area (Å²) in [4.78, 5) is 12.7. The molecule has 2 aliphatic heterocycles. The lowest BCUT2D eigenvalue weighted by molar-refractivity contribution is -0.347. The molecule has 0 amide bonds. The van der Waals surface area contributed by atoms with Gasteiger partial charge in [-0.1, -0.05) is 0 Å². The number of halogens is 1. The average molecular weight is 535 g/mol. The quantitative estimate of drug-likeness (QED) is 0.111. The van der Waals surface area contributed by atoms with Crippen LogP contribution in [0, 0.1) is 11.8 Å². The number of esters is 1. The fraction of sp³-hybridized carbons (Fsp3) is 0.591. The summed E-state index contributed by atoms with van der Waals surface area (Å²) in [5.74, 6) is -3.98. The van der Waals surface area contributed by atoms with Crippen molar-refractivity contribution in [1.29, 1.82) is 0 Å². The smallest absolute Gasteiger partial charge is 0.338 e. The second kappa shape index (κ2) is 10.3. The molecule has 1 aromatic rings. The van der Waals surface area contributed by atoms with Crippen LogP contribution in [0.5, 0.6) is 11.5 Å². The summed E-state index contributed by atoms with van der Waals surface area (Å²) in [6.45, 7) is -1.60. The Kier molecular flexibility index (Phi) is 7.67. The van der Waals surface area contributed by atoms with Crippen LogP contribution in [0.25, 0.3) is 0 Å². The zero-order valence-electron chi connectivity index (χ0n) is 18.6. The van der Waals surface area contributed by atoms with Crippen molar-refractivity contribution in [2.24, 2.45) is 11.8 Å². The number of phenols is 2. The number of aromatic hydroxyl groups is 2. The molecule has 14 heteroatoms. The highest BCUT2D eigenvalue weighted by Crippen LogP contribution is 2.50.